The molecule has 0 spiro atoms. The molecule has 0 saturated heterocycles. The molecule has 0 unspecified atom stereocenters. The van der Waals surface area contributed by atoms with Gasteiger partial charge >= 0.3 is 0 Å². The highest BCUT2D eigenvalue weighted by Gasteiger charge is 2.18. The number of fused-ring (bicyclic) bond motifs is 1. The van der Waals surface area contributed by atoms with Gasteiger partial charge in [-0.15, -0.1) is 0 Å². The lowest BCUT2D eigenvalue weighted by atomic mass is 10.1. The average molecular weight is 390 g/mol. The van der Waals surface area contributed by atoms with Crippen molar-refractivity contribution in [2.45, 2.75) is 19.1 Å². The van der Waals surface area contributed by atoms with Crippen LogP contribution in [0.2, 0.25) is 0 Å². The highest BCUT2D eigenvalue weighted by Crippen LogP contribution is 2.17. The Morgan fingerprint density at radius 2 is 1.93 bits per heavy atom. The fourth-order valence-electron chi connectivity index (χ4n) is 3.22. The summed E-state index contributed by atoms with van der Waals surface area (Å²) in [6.45, 7) is 0.799. The minimum Gasteiger partial charge on any atom is -0.446 e. The Morgan fingerprint density at radius 3 is 2.76 bits per heavy atom. The average Bonchev–Trinajstić information content (AvgIpc) is 3.39. The maximum atomic E-state index is 12.6. The molecule has 7 heteroatoms. The van der Waals surface area contributed by atoms with Crippen LogP contribution in [0.4, 0.5) is 0 Å². The van der Waals surface area contributed by atoms with Crippen molar-refractivity contribution >= 4 is 16.9 Å². The standard InChI is InChI=1S/C22H22N4O3/c1-25(12-11-20(27)16-7-3-2-4-8-16)22(28)18-14-29-21(24-18)13-26-15-23-17-9-5-6-10-19(17)26/h2-10,14-15,20,27H,11-13H2,1H3/t20-/m1/s1. The number of oxazole rings is 1. The van der Waals surface area contributed by atoms with Crippen molar-refractivity contribution in [1.82, 2.24) is 19.4 Å². The number of imidazole rings is 1. The van der Waals surface area contributed by atoms with Crippen molar-refractivity contribution in [3.05, 3.63) is 84.3 Å². The first kappa shape index (κ1) is 18.9. The number of carbonyl (C=O) groups excluding carboxylic acids is 1. The second kappa shape index (κ2) is 8.28. The lowest BCUT2D eigenvalue weighted by Crippen LogP contribution is -2.29. The molecule has 7 nitrogen and oxygen atoms in total. The number of hydrogen-bond donors (Lipinski definition) is 1. The van der Waals surface area contributed by atoms with E-state index in [-0.39, 0.29) is 11.6 Å². The van der Waals surface area contributed by atoms with Crippen molar-refractivity contribution in [2.75, 3.05) is 13.6 Å². The molecule has 0 aliphatic carbocycles. The van der Waals surface area contributed by atoms with Gasteiger partial charge in [0.25, 0.3) is 5.91 Å². The molecule has 0 aliphatic rings. The van der Waals surface area contributed by atoms with Crippen LogP contribution in [-0.4, -0.2) is 44.0 Å². The lowest BCUT2D eigenvalue weighted by Gasteiger charge is -2.18. The molecular weight excluding hydrogens is 368 g/mol. The van der Waals surface area contributed by atoms with Gasteiger partial charge in [-0.25, -0.2) is 9.97 Å². The lowest BCUT2D eigenvalue weighted by molar-refractivity contribution is 0.0755. The van der Waals surface area contributed by atoms with Gasteiger partial charge in [-0.3, -0.25) is 4.79 Å². The summed E-state index contributed by atoms with van der Waals surface area (Å²) in [5.41, 5.74) is 2.96. The molecule has 4 rings (SSSR count). The number of aliphatic hydroxyl groups is 1. The molecule has 0 saturated carbocycles. The number of aliphatic hydroxyl groups excluding tert-OH is 1. The van der Waals surface area contributed by atoms with Crippen molar-refractivity contribution in [2.24, 2.45) is 0 Å². The SMILES string of the molecule is CN(CC[C@@H](O)c1ccccc1)C(=O)c1coc(Cn2cnc3ccccc32)n1. The highest BCUT2D eigenvalue weighted by atomic mass is 16.3. The second-order valence-electron chi connectivity index (χ2n) is 6.93. The Kier molecular flexibility index (Phi) is 5.39. The van der Waals surface area contributed by atoms with Gasteiger partial charge in [0, 0.05) is 13.6 Å². The van der Waals surface area contributed by atoms with E-state index < -0.39 is 6.10 Å². The van der Waals surface area contributed by atoms with Crippen LogP contribution in [-0.2, 0) is 6.54 Å². The van der Waals surface area contributed by atoms with E-state index in [0.29, 0.717) is 25.4 Å². The number of nitrogens with zero attached hydrogens (tertiary/aromatic N) is 4. The third kappa shape index (κ3) is 4.20. The summed E-state index contributed by atoms with van der Waals surface area (Å²) in [5.74, 6) is 0.199. The first-order valence-corrected chi connectivity index (χ1v) is 9.44. The molecule has 0 aliphatic heterocycles. The van der Waals surface area contributed by atoms with Crippen LogP contribution in [0.3, 0.4) is 0 Å². The number of rotatable bonds is 7. The summed E-state index contributed by atoms with van der Waals surface area (Å²) in [5, 5.41) is 10.3. The van der Waals surface area contributed by atoms with E-state index in [0.717, 1.165) is 16.6 Å². The van der Waals surface area contributed by atoms with Crippen LogP contribution < -0.4 is 0 Å². The van der Waals surface area contributed by atoms with E-state index in [9.17, 15) is 9.90 Å². The molecule has 148 valence electrons. The van der Waals surface area contributed by atoms with Crippen LogP contribution in [0, 0.1) is 0 Å². The van der Waals surface area contributed by atoms with Gasteiger partial charge in [0.2, 0.25) is 5.89 Å². The van der Waals surface area contributed by atoms with Crippen molar-refractivity contribution < 1.29 is 14.3 Å². The monoisotopic (exact) mass is 390 g/mol. The van der Waals surface area contributed by atoms with E-state index in [2.05, 4.69) is 9.97 Å². The molecule has 4 aromatic rings. The molecule has 0 fully saturated rings. The molecular formula is C22H22N4O3. The molecule has 0 bridgehead atoms. The van der Waals surface area contributed by atoms with Gasteiger partial charge in [-0.05, 0) is 24.1 Å². The molecule has 1 N–H and O–H groups in total. The van der Waals surface area contributed by atoms with Gasteiger partial charge in [-0.2, -0.15) is 0 Å². The maximum absolute atomic E-state index is 12.6. The minimum absolute atomic E-state index is 0.240. The minimum atomic E-state index is -0.617. The zero-order valence-electron chi connectivity index (χ0n) is 16.1. The zero-order valence-corrected chi connectivity index (χ0v) is 16.1. The number of hydrogen-bond acceptors (Lipinski definition) is 5. The van der Waals surface area contributed by atoms with Gasteiger partial charge in [0.15, 0.2) is 5.69 Å². The first-order valence-electron chi connectivity index (χ1n) is 9.44. The molecule has 1 atom stereocenters. The third-order valence-corrected chi connectivity index (χ3v) is 4.87. The molecule has 0 radical (unpaired) electrons. The quantitative estimate of drug-likeness (QED) is 0.524. The van der Waals surface area contributed by atoms with Gasteiger partial charge in [-0.1, -0.05) is 42.5 Å². The van der Waals surface area contributed by atoms with Crippen LogP contribution in [0.15, 0.2) is 71.6 Å². The smallest absolute Gasteiger partial charge is 0.275 e. The molecule has 29 heavy (non-hydrogen) atoms. The fraction of sp³-hybridized carbons (Fsp3) is 0.227. The van der Waals surface area contributed by atoms with E-state index in [4.69, 9.17) is 4.42 Å². The normalized spacial score (nSPS) is 12.2. The van der Waals surface area contributed by atoms with Crippen molar-refractivity contribution in [3.63, 3.8) is 0 Å². The number of aromatic nitrogens is 3. The molecule has 1 amide bonds. The van der Waals surface area contributed by atoms with E-state index in [1.165, 1.54) is 6.26 Å². The zero-order chi connectivity index (χ0) is 20.2. The molecule has 2 heterocycles. The Morgan fingerprint density at radius 1 is 1.17 bits per heavy atom. The Bertz CT molecular complexity index is 1100. The largest absolute Gasteiger partial charge is 0.446 e. The van der Waals surface area contributed by atoms with E-state index in [1.807, 2.05) is 59.2 Å². The number of benzene rings is 2. The predicted molar refractivity (Wildman–Crippen MR) is 108 cm³/mol. The number of para-hydroxylation sites is 2. The second-order valence-corrected chi connectivity index (χ2v) is 6.93. The summed E-state index contributed by atoms with van der Waals surface area (Å²) in [6, 6.07) is 17.2. The number of carbonyl (C=O) groups is 1. The maximum Gasteiger partial charge on any atom is 0.275 e. The van der Waals surface area contributed by atoms with Crippen LogP contribution in [0.5, 0.6) is 0 Å². The summed E-state index contributed by atoms with van der Waals surface area (Å²) in [7, 11) is 1.69. The summed E-state index contributed by atoms with van der Waals surface area (Å²) in [6.07, 6.45) is 2.93. The van der Waals surface area contributed by atoms with Crippen molar-refractivity contribution in [3.8, 4) is 0 Å². The summed E-state index contributed by atoms with van der Waals surface area (Å²) >= 11 is 0. The Labute approximate surface area is 168 Å². The van der Waals surface area contributed by atoms with E-state index in [1.54, 1.807) is 18.3 Å². The Hall–Kier alpha value is -3.45. The summed E-state index contributed by atoms with van der Waals surface area (Å²) in [4.78, 5) is 22.8. The van der Waals surface area contributed by atoms with Gasteiger partial charge < -0.3 is 19.0 Å². The third-order valence-electron chi connectivity index (χ3n) is 4.87. The molecule has 2 aromatic heterocycles. The number of amides is 1. The molecule has 2 aromatic carbocycles. The fourth-order valence-corrected chi connectivity index (χ4v) is 3.22. The summed E-state index contributed by atoms with van der Waals surface area (Å²) < 4.78 is 7.42. The predicted octanol–water partition coefficient (Wildman–Crippen LogP) is 3.27. The Balaban J connectivity index is 1.37. The van der Waals surface area contributed by atoms with Gasteiger partial charge in [0.1, 0.15) is 12.8 Å². The highest BCUT2D eigenvalue weighted by molar-refractivity contribution is 5.91. The van der Waals surface area contributed by atoms with Gasteiger partial charge in [0.05, 0.1) is 23.5 Å². The van der Waals surface area contributed by atoms with E-state index >= 15 is 0 Å². The first-order chi connectivity index (χ1) is 14.1. The van der Waals surface area contributed by atoms with Crippen LogP contribution >= 0.6 is 0 Å². The van der Waals surface area contributed by atoms with Crippen LogP contribution in [0.1, 0.15) is 34.5 Å². The van der Waals surface area contributed by atoms with Crippen molar-refractivity contribution in [1.29, 1.82) is 0 Å². The topological polar surface area (TPSA) is 84.4 Å². The van der Waals surface area contributed by atoms with Crippen LogP contribution in [0.25, 0.3) is 11.0 Å².